The summed E-state index contributed by atoms with van der Waals surface area (Å²) in [4.78, 5) is 30.8. The third kappa shape index (κ3) is 4.18. The van der Waals surface area contributed by atoms with Crippen LogP contribution in [0.1, 0.15) is 21.5 Å². The highest BCUT2D eigenvalue weighted by atomic mass is 32.2. The molecule has 166 valence electrons. The number of hydrogen-bond donors (Lipinski definition) is 1. The van der Waals surface area contributed by atoms with Crippen LogP contribution in [-0.2, 0) is 4.79 Å². The van der Waals surface area contributed by atoms with Gasteiger partial charge in [0.05, 0.1) is 16.8 Å². The molecule has 0 aliphatic carbocycles. The number of carbonyl (C=O) groups excluding carboxylic acids is 2. The SMILES string of the molecule is N=C1/C(=C/c2cccc(OC(=O)c3ccc(F)cc3)c2)C(=O)N=C2SC=C(c3ccccc3)N12. The van der Waals surface area contributed by atoms with Crippen molar-refractivity contribution in [3.05, 3.63) is 112 Å². The van der Waals surface area contributed by atoms with Crippen molar-refractivity contribution in [1.29, 1.82) is 5.41 Å². The Balaban J connectivity index is 1.41. The fourth-order valence-electron chi connectivity index (χ4n) is 3.50. The van der Waals surface area contributed by atoms with Crippen molar-refractivity contribution in [2.45, 2.75) is 0 Å². The number of amidine groups is 2. The minimum Gasteiger partial charge on any atom is -0.423 e. The summed E-state index contributed by atoms with van der Waals surface area (Å²) in [6.07, 6.45) is 1.55. The average Bonchev–Trinajstić information content (AvgIpc) is 3.27. The Morgan fingerprint density at radius 2 is 1.79 bits per heavy atom. The zero-order valence-corrected chi connectivity index (χ0v) is 18.4. The second-order valence-electron chi connectivity index (χ2n) is 7.40. The predicted molar refractivity (Wildman–Crippen MR) is 130 cm³/mol. The van der Waals surface area contributed by atoms with E-state index in [9.17, 15) is 14.0 Å². The summed E-state index contributed by atoms with van der Waals surface area (Å²) >= 11 is 1.30. The number of hydrogen-bond acceptors (Lipinski definition) is 5. The Kier molecular flexibility index (Phi) is 5.65. The number of esters is 1. The quantitative estimate of drug-likeness (QED) is 0.316. The average molecular weight is 469 g/mol. The van der Waals surface area contributed by atoms with Crippen molar-refractivity contribution in [2.75, 3.05) is 0 Å². The van der Waals surface area contributed by atoms with Gasteiger partial charge in [-0.3, -0.25) is 15.1 Å². The molecular weight excluding hydrogens is 453 g/mol. The molecule has 34 heavy (non-hydrogen) atoms. The highest BCUT2D eigenvalue weighted by Gasteiger charge is 2.36. The molecule has 0 bridgehead atoms. The van der Waals surface area contributed by atoms with Crippen molar-refractivity contribution in [1.82, 2.24) is 4.90 Å². The Morgan fingerprint density at radius 3 is 2.56 bits per heavy atom. The molecule has 1 amide bonds. The molecule has 0 saturated carbocycles. The standard InChI is InChI=1S/C26H16FN3O3S/c27-19-11-9-18(10-12-19)25(32)33-20-8-4-5-16(13-20)14-21-23(28)30-22(17-6-2-1-3-7-17)15-34-26(30)29-24(21)31/h1-15,28H/b21-14-,28-23?. The number of ether oxygens (including phenoxy) is 1. The van der Waals surface area contributed by atoms with Gasteiger partial charge in [-0.05, 0) is 53.6 Å². The van der Waals surface area contributed by atoms with E-state index in [-0.39, 0.29) is 22.7 Å². The Morgan fingerprint density at radius 1 is 1.03 bits per heavy atom. The fraction of sp³-hybridized carbons (Fsp3) is 0. The lowest BCUT2D eigenvalue weighted by Crippen LogP contribution is -2.38. The summed E-state index contributed by atoms with van der Waals surface area (Å²) in [5.41, 5.74) is 2.58. The van der Waals surface area contributed by atoms with E-state index in [0.29, 0.717) is 10.7 Å². The number of halogens is 1. The van der Waals surface area contributed by atoms with E-state index in [4.69, 9.17) is 10.1 Å². The monoisotopic (exact) mass is 469 g/mol. The molecule has 1 N–H and O–H groups in total. The summed E-state index contributed by atoms with van der Waals surface area (Å²) in [5.74, 6) is -1.32. The van der Waals surface area contributed by atoms with E-state index in [1.165, 1.54) is 36.0 Å². The number of aliphatic imine (C=N–C) groups is 1. The van der Waals surface area contributed by atoms with Gasteiger partial charge >= 0.3 is 5.97 Å². The van der Waals surface area contributed by atoms with Gasteiger partial charge in [0.1, 0.15) is 17.4 Å². The van der Waals surface area contributed by atoms with Crippen LogP contribution in [0, 0.1) is 11.2 Å². The lowest BCUT2D eigenvalue weighted by Gasteiger charge is -2.26. The largest absolute Gasteiger partial charge is 0.423 e. The number of benzene rings is 3. The third-order valence-corrected chi connectivity index (χ3v) is 5.97. The molecule has 2 aliphatic heterocycles. The number of carbonyl (C=O) groups is 2. The number of amides is 1. The molecule has 0 saturated heterocycles. The van der Waals surface area contributed by atoms with Crippen LogP contribution in [-0.4, -0.2) is 27.8 Å². The zero-order valence-electron chi connectivity index (χ0n) is 17.6. The van der Waals surface area contributed by atoms with Gasteiger partial charge in [-0.2, -0.15) is 4.99 Å². The topological polar surface area (TPSA) is 82.8 Å². The van der Waals surface area contributed by atoms with Crippen molar-refractivity contribution in [2.24, 2.45) is 4.99 Å². The first kappa shape index (κ1) is 21.5. The second-order valence-corrected chi connectivity index (χ2v) is 8.23. The molecule has 8 heteroatoms. The summed E-state index contributed by atoms with van der Waals surface area (Å²) in [6, 6.07) is 21.2. The van der Waals surface area contributed by atoms with Crippen LogP contribution in [0.15, 0.2) is 94.8 Å². The summed E-state index contributed by atoms with van der Waals surface area (Å²) in [6.45, 7) is 0. The van der Waals surface area contributed by atoms with E-state index >= 15 is 0 Å². The van der Waals surface area contributed by atoms with Crippen LogP contribution in [0.3, 0.4) is 0 Å². The van der Waals surface area contributed by atoms with Gasteiger partial charge in [0.25, 0.3) is 5.91 Å². The molecule has 0 radical (unpaired) electrons. The van der Waals surface area contributed by atoms with Gasteiger partial charge in [0.15, 0.2) is 5.17 Å². The first-order valence-corrected chi connectivity index (χ1v) is 11.1. The molecule has 0 unspecified atom stereocenters. The van der Waals surface area contributed by atoms with Gasteiger partial charge in [-0.25, -0.2) is 9.18 Å². The van der Waals surface area contributed by atoms with Gasteiger partial charge in [0, 0.05) is 5.41 Å². The minimum atomic E-state index is -0.632. The molecule has 2 heterocycles. The van der Waals surface area contributed by atoms with Crippen LogP contribution in [0.25, 0.3) is 11.8 Å². The number of nitrogens with zero attached hydrogens (tertiary/aromatic N) is 2. The molecule has 5 rings (SSSR count). The van der Waals surface area contributed by atoms with E-state index in [0.717, 1.165) is 11.3 Å². The van der Waals surface area contributed by atoms with Crippen LogP contribution in [0.4, 0.5) is 4.39 Å². The molecule has 6 nitrogen and oxygen atoms in total. The maximum atomic E-state index is 13.1. The van der Waals surface area contributed by atoms with Crippen LogP contribution in [0.2, 0.25) is 0 Å². The third-order valence-electron chi connectivity index (χ3n) is 5.14. The number of nitrogens with one attached hydrogen (secondary N) is 1. The maximum absolute atomic E-state index is 13.1. The summed E-state index contributed by atoms with van der Waals surface area (Å²) in [5, 5.41) is 11.0. The van der Waals surface area contributed by atoms with Crippen LogP contribution in [0.5, 0.6) is 5.75 Å². The lowest BCUT2D eigenvalue weighted by atomic mass is 10.1. The number of thioether (sulfide) groups is 1. The minimum absolute atomic E-state index is 0.0174. The highest BCUT2D eigenvalue weighted by molar-refractivity contribution is 8.17. The van der Waals surface area contributed by atoms with E-state index in [1.807, 2.05) is 35.7 Å². The van der Waals surface area contributed by atoms with Crippen LogP contribution < -0.4 is 4.74 Å². The first-order valence-electron chi connectivity index (χ1n) is 10.2. The molecule has 0 spiro atoms. The second kappa shape index (κ2) is 8.92. The van der Waals surface area contributed by atoms with E-state index < -0.39 is 17.7 Å². The maximum Gasteiger partial charge on any atom is 0.343 e. The van der Waals surface area contributed by atoms with E-state index in [2.05, 4.69) is 4.99 Å². The molecule has 0 atom stereocenters. The molecule has 3 aromatic carbocycles. The van der Waals surface area contributed by atoms with Crippen LogP contribution >= 0.6 is 11.8 Å². The predicted octanol–water partition coefficient (Wildman–Crippen LogP) is 5.35. The zero-order chi connectivity index (χ0) is 23.7. The first-order chi connectivity index (χ1) is 16.5. The normalized spacial score (nSPS) is 16.3. The molecule has 3 aromatic rings. The van der Waals surface area contributed by atoms with Gasteiger partial charge in [-0.1, -0.05) is 54.2 Å². The molecule has 0 aromatic heterocycles. The summed E-state index contributed by atoms with van der Waals surface area (Å²) < 4.78 is 18.5. The number of rotatable bonds is 4. The molecule has 2 aliphatic rings. The van der Waals surface area contributed by atoms with Gasteiger partial charge in [0.2, 0.25) is 0 Å². The Hall–Kier alpha value is -4.30. The smallest absolute Gasteiger partial charge is 0.343 e. The van der Waals surface area contributed by atoms with Gasteiger partial charge in [-0.15, -0.1) is 0 Å². The highest BCUT2D eigenvalue weighted by Crippen LogP contribution is 2.37. The molecule has 0 fully saturated rings. The fourth-order valence-corrected chi connectivity index (χ4v) is 4.39. The van der Waals surface area contributed by atoms with Gasteiger partial charge < -0.3 is 4.74 Å². The number of fused-ring (bicyclic) bond motifs is 1. The Bertz CT molecular complexity index is 1410. The van der Waals surface area contributed by atoms with E-state index in [1.54, 1.807) is 35.2 Å². The molecular formula is C26H16FN3O3S. The summed E-state index contributed by atoms with van der Waals surface area (Å²) in [7, 11) is 0. The van der Waals surface area contributed by atoms with Crippen molar-refractivity contribution < 1.29 is 18.7 Å². The van der Waals surface area contributed by atoms with Crippen molar-refractivity contribution in [3.63, 3.8) is 0 Å². The lowest BCUT2D eigenvalue weighted by molar-refractivity contribution is -0.114. The van der Waals surface area contributed by atoms with Crippen molar-refractivity contribution >= 4 is 46.4 Å². The Labute approximate surface area is 198 Å². The van der Waals surface area contributed by atoms with Crippen molar-refractivity contribution in [3.8, 4) is 5.75 Å².